The first-order chi connectivity index (χ1) is 16.2. The SMILES string of the molecule is CCc1cccc(CC)c1NC(=O)CN(Cc1c(Cl)cccc1Cl)S(=O)(=O)c1ccc(Cl)cc1. The van der Waals surface area contributed by atoms with Gasteiger partial charge in [-0.3, -0.25) is 4.79 Å². The molecule has 0 atom stereocenters. The number of nitrogens with zero attached hydrogens (tertiary/aromatic N) is 1. The van der Waals surface area contributed by atoms with Crippen LogP contribution in [0.15, 0.2) is 65.6 Å². The molecule has 0 aliphatic carbocycles. The monoisotopic (exact) mass is 538 g/mol. The molecule has 180 valence electrons. The Hall–Kier alpha value is -2.09. The second-order valence-corrected chi connectivity index (χ2v) is 10.8. The summed E-state index contributed by atoms with van der Waals surface area (Å²) in [6, 6.07) is 16.5. The first kappa shape index (κ1) is 26.5. The van der Waals surface area contributed by atoms with Crippen molar-refractivity contribution >= 4 is 56.4 Å². The highest BCUT2D eigenvalue weighted by Gasteiger charge is 2.28. The van der Waals surface area contributed by atoms with Crippen molar-refractivity contribution in [1.82, 2.24) is 4.31 Å². The molecule has 0 aromatic heterocycles. The number of sulfonamides is 1. The van der Waals surface area contributed by atoms with Crippen LogP contribution in [0.25, 0.3) is 0 Å². The number of nitrogens with one attached hydrogen (secondary N) is 1. The Balaban J connectivity index is 1.97. The number of hydrogen-bond donors (Lipinski definition) is 1. The number of hydrogen-bond acceptors (Lipinski definition) is 3. The van der Waals surface area contributed by atoms with Crippen molar-refractivity contribution in [1.29, 1.82) is 0 Å². The average Bonchev–Trinajstić information content (AvgIpc) is 2.81. The van der Waals surface area contributed by atoms with Gasteiger partial charge in [0.05, 0.1) is 11.4 Å². The number of halogens is 3. The van der Waals surface area contributed by atoms with Gasteiger partial charge in [0.1, 0.15) is 0 Å². The van der Waals surface area contributed by atoms with E-state index in [1.807, 2.05) is 32.0 Å². The summed E-state index contributed by atoms with van der Waals surface area (Å²) >= 11 is 18.6. The quantitative estimate of drug-likeness (QED) is 0.333. The summed E-state index contributed by atoms with van der Waals surface area (Å²) in [5.74, 6) is -0.462. The van der Waals surface area contributed by atoms with Crippen LogP contribution in [-0.4, -0.2) is 25.2 Å². The van der Waals surface area contributed by atoms with Crippen molar-refractivity contribution in [2.45, 2.75) is 38.1 Å². The molecule has 3 aromatic carbocycles. The fraction of sp³-hybridized carbons (Fsp3) is 0.240. The Kier molecular flexibility index (Phi) is 9.01. The van der Waals surface area contributed by atoms with Gasteiger partial charge in [0, 0.05) is 32.9 Å². The number of anilines is 1. The van der Waals surface area contributed by atoms with Gasteiger partial charge in [-0.1, -0.05) is 72.9 Å². The highest BCUT2D eigenvalue weighted by Crippen LogP contribution is 2.29. The fourth-order valence-electron chi connectivity index (χ4n) is 3.58. The molecule has 3 rings (SSSR count). The number of rotatable bonds is 9. The number of aryl methyl sites for hydroxylation is 2. The van der Waals surface area contributed by atoms with Gasteiger partial charge < -0.3 is 5.32 Å². The molecule has 0 unspecified atom stereocenters. The van der Waals surface area contributed by atoms with E-state index in [9.17, 15) is 13.2 Å². The molecular weight excluding hydrogens is 515 g/mol. The van der Waals surface area contributed by atoms with Gasteiger partial charge in [-0.25, -0.2) is 8.42 Å². The Morgan fingerprint density at radius 2 is 1.38 bits per heavy atom. The van der Waals surface area contributed by atoms with Gasteiger partial charge in [-0.15, -0.1) is 0 Å². The lowest BCUT2D eigenvalue weighted by molar-refractivity contribution is -0.116. The maximum Gasteiger partial charge on any atom is 0.243 e. The molecule has 0 radical (unpaired) electrons. The van der Waals surface area contributed by atoms with Crippen LogP contribution in [-0.2, 0) is 34.2 Å². The molecule has 0 saturated heterocycles. The number of carbonyl (C=O) groups excluding carboxylic acids is 1. The predicted molar refractivity (Wildman–Crippen MR) is 139 cm³/mol. The summed E-state index contributed by atoms with van der Waals surface area (Å²) in [5, 5.41) is 3.96. The molecule has 0 heterocycles. The van der Waals surface area contributed by atoms with Crippen molar-refractivity contribution in [2.24, 2.45) is 0 Å². The Labute approximate surface area is 215 Å². The van der Waals surface area contributed by atoms with E-state index in [1.54, 1.807) is 18.2 Å². The van der Waals surface area contributed by atoms with E-state index in [0.717, 1.165) is 34.0 Å². The highest BCUT2D eigenvalue weighted by molar-refractivity contribution is 7.89. The lowest BCUT2D eigenvalue weighted by Gasteiger charge is -2.24. The average molecular weight is 540 g/mol. The third kappa shape index (κ3) is 6.12. The standard InChI is InChI=1S/C25H25Cl3N2O3S/c1-3-17-7-5-8-18(4-2)25(17)29-24(31)16-30(15-21-22(27)9-6-10-23(21)28)34(32,33)20-13-11-19(26)12-14-20/h5-14H,3-4,15-16H2,1-2H3,(H,29,31). The van der Waals surface area contributed by atoms with E-state index >= 15 is 0 Å². The van der Waals surface area contributed by atoms with Gasteiger partial charge in [0.2, 0.25) is 15.9 Å². The Morgan fingerprint density at radius 1 is 0.853 bits per heavy atom. The van der Waals surface area contributed by atoms with E-state index in [-0.39, 0.29) is 11.4 Å². The van der Waals surface area contributed by atoms with E-state index in [4.69, 9.17) is 34.8 Å². The summed E-state index contributed by atoms with van der Waals surface area (Å²) in [5.41, 5.74) is 3.10. The number of amides is 1. The minimum atomic E-state index is -4.07. The van der Waals surface area contributed by atoms with Crippen molar-refractivity contribution in [2.75, 3.05) is 11.9 Å². The molecule has 0 fully saturated rings. The van der Waals surface area contributed by atoms with E-state index in [2.05, 4.69) is 5.32 Å². The maximum atomic E-state index is 13.5. The molecule has 0 saturated carbocycles. The second kappa shape index (κ2) is 11.6. The molecule has 0 bridgehead atoms. The molecule has 34 heavy (non-hydrogen) atoms. The van der Waals surface area contributed by atoms with Gasteiger partial charge >= 0.3 is 0 Å². The van der Waals surface area contributed by atoms with Gasteiger partial charge in [-0.2, -0.15) is 4.31 Å². The van der Waals surface area contributed by atoms with Crippen molar-refractivity contribution in [3.05, 3.63) is 92.4 Å². The smallest absolute Gasteiger partial charge is 0.243 e. The zero-order chi connectivity index (χ0) is 24.9. The summed E-state index contributed by atoms with van der Waals surface area (Å²) in [6.45, 7) is 3.41. The van der Waals surface area contributed by atoms with Gasteiger partial charge in [-0.05, 0) is 60.4 Å². The summed E-state index contributed by atoms with van der Waals surface area (Å²) in [6.07, 6.45) is 1.46. The first-order valence-corrected chi connectivity index (χ1v) is 13.3. The molecule has 3 aromatic rings. The van der Waals surface area contributed by atoms with Crippen molar-refractivity contribution in [3.63, 3.8) is 0 Å². The maximum absolute atomic E-state index is 13.5. The van der Waals surface area contributed by atoms with Crippen molar-refractivity contribution < 1.29 is 13.2 Å². The van der Waals surface area contributed by atoms with Crippen LogP contribution >= 0.6 is 34.8 Å². The van der Waals surface area contributed by atoms with Crippen LogP contribution in [0.5, 0.6) is 0 Å². The minimum Gasteiger partial charge on any atom is -0.324 e. The lowest BCUT2D eigenvalue weighted by Crippen LogP contribution is -2.38. The predicted octanol–water partition coefficient (Wildman–Crippen LogP) is 6.60. The Bertz CT molecular complexity index is 1240. The molecule has 0 spiro atoms. The van der Waals surface area contributed by atoms with E-state index in [0.29, 0.717) is 20.6 Å². The number of benzene rings is 3. The molecule has 1 amide bonds. The molecule has 1 N–H and O–H groups in total. The van der Waals surface area contributed by atoms with Crippen molar-refractivity contribution in [3.8, 4) is 0 Å². The van der Waals surface area contributed by atoms with Crippen LogP contribution in [0.4, 0.5) is 5.69 Å². The zero-order valence-corrected chi connectivity index (χ0v) is 21.9. The first-order valence-electron chi connectivity index (χ1n) is 10.8. The van der Waals surface area contributed by atoms with Gasteiger partial charge in [0.25, 0.3) is 0 Å². The normalized spacial score (nSPS) is 11.6. The Morgan fingerprint density at radius 3 is 1.91 bits per heavy atom. The lowest BCUT2D eigenvalue weighted by atomic mass is 10.0. The van der Waals surface area contributed by atoms with Crippen LogP contribution in [0.3, 0.4) is 0 Å². The van der Waals surface area contributed by atoms with Crippen LogP contribution in [0.2, 0.25) is 15.1 Å². The summed E-state index contributed by atoms with van der Waals surface area (Å²) in [4.78, 5) is 13.2. The molecule has 5 nitrogen and oxygen atoms in total. The van der Waals surface area contributed by atoms with Crippen LogP contribution < -0.4 is 5.32 Å². The number of carbonyl (C=O) groups is 1. The van der Waals surface area contributed by atoms with E-state index in [1.165, 1.54) is 24.3 Å². The largest absolute Gasteiger partial charge is 0.324 e. The second-order valence-electron chi connectivity index (χ2n) is 7.63. The molecule has 9 heteroatoms. The molecule has 0 aliphatic rings. The van der Waals surface area contributed by atoms with Crippen LogP contribution in [0, 0.1) is 0 Å². The fourth-order valence-corrected chi connectivity index (χ4v) is 5.59. The zero-order valence-electron chi connectivity index (χ0n) is 18.8. The summed E-state index contributed by atoms with van der Waals surface area (Å²) < 4.78 is 28.1. The van der Waals surface area contributed by atoms with Crippen LogP contribution in [0.1, 0.15) is 30.5 Å². The topological polar surface area (TPSA) is 66.5 Å². The summed E-state index contributed by atoms with van der Waals surface area (Å²) in [7, 11) is -4.07. The number of para-hydroxylation sites is 1. The van der Waals surface area contributed by atoms with E-state index < -0.39 is 22.5 Å². The molecular formula is C25H25Cl3N2O3S. The van der Waals surface area contributed by atoms with Gasteiger partial charge in [0.15, 0.2) is 0 Å². The minimum absolute atomic E-state index is 0.0103. The third-order valence-corrected chi connectivity index (χ3v) is 8.20. The molecule has 0 aliphatic heterocycles. The third-order valence-electron chi connectivity index (χ3n) is 5.43. The highest BCUT2D eigenvalue weighted by atomic mass is 35.5.